The van der Waals surface area contributed by atoms with Gasteiger partial charge in [-0.2, -0.15) is 15.1 Å². The molecule has 0 aliphatic carbocycles. The van der Waals surface area contributed by atoms with Crippen LogP contribution in [0.1, 0.15) is 24.8 Å². The number of para-hydroxylation sites is 1. The van der Waals surface area contributed by atoms with Crippen molar-refractivity contribution >= 4 is 57.3 Å². The third-order valence-electron chi connectivity index (χ3n) is 5.89. The third kappa shape index (κ3) is 5.86. The summed E-state index contributed by atoms with van der Waals surface area (Å²) in [4.78, 5) is 31.0. The van der Waals surface area contributed by atoms with Crippen LogP contribution in [-0.4, -0.2) is 64.1 Å². The van der Waals surface area contributed by atoms with Crippen LogP contribution in [0.3, 0.4) is 0 Å². The van der Waals surface area contributed by atoms with E-state index in [-0.39, 0.29) is 23.7 Å². The molecule has 3 heterocycles. The van der Waals surface area contributed by atoms with Crippen molar-refractivity contribution in [3.05, 3.63) is 64.7 Å². The Labute approximate surface area is 223 Å². The van der Waals surface area contributed by atoms with Gasteiger partial charge in [0.05, 0.1) is 17.0 Å². The van der Waals surface area contributed by atoms with E-state index in [1.807, 2.05) is 17.0 Å². The van der Waals surface area contributed by atoms with Crippen LogP contribution in [0.25, 0.3) is 6.08 Å². The summed E-state index contributed by atoms with van der Waals surface area (Å²) in [5, 5.41) is 15.6. The fourth-order valence-corrected chi connectivity index (χ4v) is 5.08. The number of nitrogens with zero attached hydrogens (tertiary/aromatic N) is 4. The standard InChI is InChI=1S/C26H24ClN5O4S/c27-20-5-1-2-6-21(20)36-14-13-35-18-9-7-17(8-10-18)15-19-24(28)32-26(29-25(19)34)37-22(30-32)16-23(33)31-11-3-4-12-31/h1-2,5-10,15,28H,3-4,11-14,16H2. The Bertz CT molecular complexity index is 1320. The highest BCUT2D eigenvalue weighted by molar-refractivity contribution is 8.27. The topological polar surface area (TPSA) is 108 Å². The number of likely N-dealkylation sites (tertiary alicyclic amines) is 1. The molecule has 0 bridgehead atoms. The van der Waals surface area contributed by atoms with Crippen molar-refractivity contribution in [3.63, 3.8) is 0 Å². The molecule has 2 amide bonds. The second kappa shape index (κ2) is 11.2. The number of ether oxygens (including phenoxy) is 2. The first-order valence-electron chi connectivity index (χ1n) is 11.8. The maximum Gasteiger partial charge on any atom is 0.283 e. The van der Waals surface area contributed by atoms with Gasteiger partial charge in [-0.25, -0.2) is 0 Å². The first-order chi connectivity index (χ1) is 18.0. The van der Waals surface area contributed by atoms with Gasteiger partial charge in [-0.15, -0.1) is 0 Å². The average Bonchev–Trinajstić information content (AvgIpc) is 3.57. The van der Waals surface area contributed by atoms with Crippen molar-refractivity contribution in [2.24, 2.45) is 10.1 Å². The molecule has 11 heteroatoms. The second-order valence-electron chi connectivity index (χ2n) is 8.47. The van der Waals surface area contributed by atoms with Crippen LogP contribution < -0.4 is 9.47 Å². The van der Waals surface area contributed by atoms with Crippen LogP contribution in [-0.2, 0) is 9.59 Å². The number of hydrazone groups is 1. The van der Waals surface area contributed by atoms with Crippen molar-refractivity contribution in [2.75, 3.05) is 26.3 Å². The van der Waals surface area contributed by atoms with E-state index in [1.165, 1.54) is 5.01 Å². The lowest BCUT2D eigenvalue weighted by atomic mass is 10.1. The molecule has 1 N–H and O–H groups in total. The Kier molecular flexibility index (Phi) is 7.57. The highest BCUT2D eigenvalue weighted by atomic mass is 35.5. The van der Waals surface area contributed by atoms with Crippen LogP contribution in [0.15, 0.2) is 64.2 Å². The van der Waals surface area contributed by atoms with E-state index in [1.54, 1.807) is 42.5 Å². The Morgan fingerprint density at radius 1 is 1.08 bits per heavy atom. The number of aliphatic imine (C=N–C) groups is 1. The van der Waals surface area contributed by atoms with Crippen LogP contribution in [0.4, 0.5) is 0 Å². The fourth-order valence-electron chi connectivity index (χ4n) is 4.01. The number of nitrogens with one attached hydrogen (secondary N) is 1. The molecule has 0 atom stereocenters. The van der Waals surface area contributed by atoms with Gasteiger partial charge in [0.1, 0.15) is 29.8 Å². The molecule has 0 saturated carbocycles. The zero-order valence-corrected chi connectivity index (χ0v) is 21.4. The van der Waals surface area contributed by atoms with Gasteiger partial charge in [0.2, 0.25) is 11.1 Å². The molecule has 0 spiro atoms. The largest absolute Gasteiger partial charge is 0.490 e. The molecule has 1 fully saturated rings. The van der Waals surface area contributed by atoms with Gasteiger partial charge in [0.25, 0.3) is 5.91 Å². The summed E-state index contributed by atoms with van der Waals surface area (Å²) in [6.45, 7) is 2.20. The summed E-state index contributed by atoms with van der Waals surface area (Å²) in [7, 11) is 0. The minimum atomic E-state index is -0.511. The number of fused-ring (bicyclic) bond motifs is 1. The fraction of sp³-hybridized carbons (Fsp3) is 0.269. The molecule has 5 rings (SSSR count). The van der Waals surface area contributed by atoms with Gasteiger partial charge in [0, 0.05) is 13.1 Å². The summed E-state index contributed by atoms with van der Waals surface area (Å²) in [6, 6.07) is 14.4. The predicted octanol–water partition coefficient (Wildman–Crippen LogP) is 4.43. The molecule has 2 aromatic carbocycles. The van der Waals surface area contributed by atoms with Crippen molar-refractivity contribution in [3.8, 4) is 11.5 Å². The minimum Gasteiger partial charge on any atom is -0.490 e. The number of carbonyl (C=O) groups is 2. The third-order valence-corrected chi connectivity index (χ3v) is 7.12. The van der Waals surface area contributed by atoms with E-state index in [0.29, 0.717) is 45.5 Å². The van der Waals surface area contributed by atoms with E-state index in [0.717, 1.165) is 37.7 Å². The predicted molar refractivity (Wildman–Crippen MR) is 144 cm³/mol. The Hall–Kier alpha value is -3.63. The number of amidine groups is 2. The molecule has 0 radical (unpaired) electrons. The molecule has 37 heavy (non-hydrogen) atoms. The molecule has 0 aromatic heterocycles. The van der Waals surface area contributed by atoms with Crippen LogP contribution >= 0.6 is 23.4 Å². The van der Waals surface area contributed by atoms with Gasteiger partial charge in [-0.1, -0.05) is 35.9 Å². The van der Waals surface area contributed by atoms with Gasteiger partial charge in [-0.3, -0.25) is 15.0 Å². The van der Waals surface area contributed by atoms with Crippen molar-refractivity contribution in [1.82, 2.24) is 9.91 Å². The van der Waals surface area contributed by atoms with Gasteiger partial charge >= 0.3 is 0 Å². The number of rotatable bonds is 8. The van der Waals surface area contributed by atoms with E-state index >= 15 is 0 Å². The molecule has 190 valence electrons. The SMILES string of the molecule is N=C1C(=Cc2ccc(OCCOc3ccccc3Cl)cc2)C(=O)N=C2SC(CC(=O)N3CCCC3)=NN12. The maximum absolute atomic E-state index is 12.7. The van der Waals surface area contributed by atoms with Gasteiger partial charge in [-0.05, 0) is 60.5 Å². The number of benzene rings is 2. The molecular weight excluding hydrogens is 514 g/mol. The average molecular weight is 538 g/mol. The molecule has 3 aliphatic rings. The van der Waals surface area contributed by atoms with Crippen molar-refractivity contribution < 1.29 is 19.1 Å². The molecule has 2 aromatic rings. The summed E-state index contributed by atoms with van der Waals surface area (Å²) in [5.74, 6) is 0.677. The monoisotopic (exact) mass is 537 g/mol. The number of amides is 2. The summed E-state index contributed by atoms with van der Waals surface area (Å²) >= 11 is 7.24. The van der Waals surface area contributed by atoms with E-state index in [2.05, 4.69) is 10.1 Å². The molecule has 1 saturated heterocycles. The lowest BCUT2D eigenvalue weighted by molar-refractivity contribution is -0.128. The summed E-state index contributed by atoms with van der Waals surface area (Å²) in [6.07, 6.45) is 3.78. The number of hydrogen-bond acceptors (Lipinski definition) is 7. The Balaban J connectivity index is 1.18. The number of hydrogen-bond donors (Lipinski definition) is 1. The van der Waals surface area contributed by atoms with E-state index in [9.17, 15) is 9.59 Å². The molecular formula is C26H24ClN5O4S. The van der Waals surface area contributed by atoms with E-state index < -0.39 is 5.91 Å². The van der Waals surface area contributed by atoms with Crippen molar-refractivity contribution in [2.45, 2.75) is 19.3 Å². The quantitative estimate of drug-likeness (QED) is 0.394. The summed E-state index contributed by atoms with van der Waals surface area (Å²) in [5.41, 5.74) is 0.841. The van der Waals surface area contributed by atoms with E-state index in [4.69, 9.17) is 26.5 Å². The minimum absolute atomic E-state index is 0.00977. The Morgan fingerprint density at radius 2 is 1.81 bits per heavy atom. The maximum atomic E-state index is 12.7. The van der Waals surface area contributed by atoms with Crippen LogP contribution in [0, 0.1) is 5.41 Å². The molecule has 3 aliphatic heterocycles. The molecule has 9 nitrogen and oxygen atoms in total. The second-order valence-corrected chi connectivity index (χ2v) is 9.92. The van der Waals surface area contributed by atoms with Gasteiger partial charge < -0.3 is 14.4 Å². The lowest BCUT2D eigenvalue weighted by Crippen LogP contribution is -2.35. The zero-order chi connectivity index (χ0) is 25.8. The zero-order valence-electron chi connectivity index (χ0n) is 19.9. The Morgan fingerprint density at radius 3 is 2.57 bits per heavy atom. The number of carbonyl (C=O) groups excluding carboxylic acids is 2. The van der Waals surface area contributed by atoms with Gasteiger partial charge in [0.15, 0.2) is 5.84 Å². The van der Waals surface area contributed by atoms with Crippen LogP contribution in [0.2, 0.25) is 5.02 Å². The lowest BCUT2D eigenvalue weighted by Gasteiger charge is -2.20. The number of halogens is 1. The number of thioether (sulfide) groups is 1. The highest BCUT2D eigenvalue weighted by Crippen LogP contribution is 2.30. The normalized spacial score (nSPS) is 18.1. The highest BCUT2D eigenvalue weighted by Gasteiger charge is 2.36. The first kappa shape index (κ1) is 25.0. The van der Waals surface area contributed by atoms with Crippen LogP contribution in [0.5, 0.6) is 11.5 Å². The first-order valence-corrected chi connectivity index (χ1v) is 13.0. The summed E-state index contributed by atoms with van der Waals surface area (Å²) < 4.78 is 11.3. The molecule has 0 unspecified atom stereocenters. The van der Waals surface area contributed by atoms with Crippen molar-refractivity contribution in [1.29, 1.82) is 5.41 Å². The smallest absolute Gasteiger partial charge is 0.283 e.